The maximum Gasteiger partial charge on any atom is 0.410 e. The smallest absolute Gasteiger partial charge is 0.410 e. The lowest BCUT2D eigenvalue weighted by molar-refractivity contribution is 0.0288. The van der Waals surface area contributed by atoms with Crippen LogP contribution in [0.3, 0.4) is 0 Å². The molecule has 0 spiro atoms. The van der Waals surface area contributed by atoms with Crippen molar-refractivity contribution in [1.82, 2.24) is 10.2 Å². The normalized spacial score (nSPS) is 18.4. The molecule has 1 aromatic heterocycles. The molecule has 0 unspecified atom stereocenters. The zero-order chi connectivity index (χ0) is 16.3. The number of carbonyl (C=O) groups is 2. The van der Waals surface area contributed by atoms with Gasteiger partial charge in [-0.1, -0.05) is 0 Å². The van der Waals surface area contributed by atoms with Crippen LogP contribution in [0.2, 0.25) is 0 Å². The third-order valence-corrected chi connectivity index (χ3v) is 4.57. The van der Waals surface area contributed by atoms with Gasteiger partial charge in [0, 0.05) is 19.6 Å². The zero-order valence-corrected chi connectivity index (χ0v) is 14.5. The number of hydrogen-bond donors (Lipinski definition) is 1. The van der Waals surface area contributed by atoms with E-state index >= 15 is 0 Å². The average molecular weight is 324 g/mol. The van der Waals surface area contributed by atoms with Gasteiger partial charge in [-0.3, -0.25) is 4.79 Å². The van der Waals surface area contributed by atoms with Gasteiger partial charge in [0.05, 0.1) is 4.88 Å². The summed E-state index contributed by atoms with van der Waals surface area (Å²) in [5.74, 6) is 0.264. The van der Waals surface area contributed by atoms with E-state index in [9.17, 15) is 9.59 Å². The number of hydrogen-bond acceptors (Lipinski definition) is 4. The summed E-state index contributed by atoms with van der Waals surface area (Å²) in [4.78, 5) is 26.6. The molecule has 2 amide bonds. The van der Waals surface area contributed by atoms with Crippen molar-refractivity contribution in [3.8, 4) is 0 Å². The Kier molecular flexibility index (Phi) is 5.11. The Morgan fingerprint density at radius 3 is 2.77 bits per heavy atom. The fourth-order valence-corrected chi connectivity index (χ4v) is 3.26. The maximum atomic E-state index is 12.1. The first kappa shape index (κ1) is 16.8. The van der Waals surface area contributed by atoms with Crippen LogP contribution in [0, 0.1) is 12.8 Å². The molecule has 1 atom stereocenters. The van der Waals surface area contributed by atoms with E-state index in [0.29, 0.717) is 19.6 Å². The number of rotatable bonds is 3. The van der Waals surface area contributed by atoms with Crippen molar-refractivity contribution >= 4 is 23.3 Å². The molecule has 1 saturated heterocycles. The van der Waals surface area contributed by atoms with Crippen LogP contribution >= 0.6 is 11.3 Å². The Hall–Kier alpha value is -1.56. The standard InChI is InChI=1S/C16H24N2O3S/c1-11-6-8-22-13(11)14(19)17-9-12-5-7-18(10-12)15(20)21-16(2,3)4/h6,8,12H,5,7,9-10H2,1-4H3,(H,17,19)/t12-/m0/s1. The van der Waals surface area contributed by atoms with E-state index in [1.165, 1.54) is 11.3 Å². The predicted molar refractivity (Wildman–Crippen MR) is 87.3 cm³/mol. The first-order valence-corrected chi connectivity index (χ1v) is 8.44. The van der Waals surface area contributed by atoms with Gasteiger partial charge in [-0.25, -0.2) is 4.79 Å². The van der Waals surface area contributed by atoms with Crippen LogP contribution in [0.4, 0.5) is 4.79 Å². The van der Waals surface area contributed by atoms with Crippen molar-refractivity contribution in [2.45, 2.75) is 39.7 Å². The van der Waals surface area contributed by atoms with Crippen molar-refractivity contribution in [2.75, 3.05) is 19.6 Å². The fraction of sp³-hybridized carbons (Fsp3) is 0.625. The van der Waals surface area contributed by atoms with Crippen molar-refractivity contribution in [3.05, 3.63) is 21.9 Å². The second-order valence-corrected chi connectivity index (χ2v) is 7.64. The highest BCUT2D eigenvalue weighted by Gasteiger charge is 2.30. The van der Waals surface area contributed by atoms with Crippen LogP contribution in [0.15, 0.2) is 11.4 Å². The Bertz CT molecular complexity index is 548. The van der Waals surface area contributed by atoms with Gasteiger partial charge in [-0.2, -0.15) is 0 Å². The monoisotopic (exact) mass is 324 g/mol. The lowest BCUT2D eigenvalue weighted by Crippen LogP contribution is -2.36. The number of nitrogens with zero attached hydrogens (tertiary/aromatic N) is 1. The molecule has 5 nitrogen and oxygen atoms in total. The molecule has 0 aromatic carbocycles. The SMILES string of the molecule is Cc1ccsc1C(=O)NC[C@@H]1CCN(C(=O)OC(C)(C)C)C1. The van der Waals surface area contributed by atoms with Crippen molar-refractivity contribution in [2.24, 2.45) is 5.92 Å². The molecule has 1 N–H and O–H groups in total. The Labute approximate surface area is 135 Å². The van der Waals surface area contributed by atoms with Crippen molar-refractivity contribution in [3.63, 3.8) is 0 Å². The molecule has 2 heterocycles. The number of carbonyl (C=O) groups excluding carboxylic acids is 2. The molecule has 1 aliphatic rings. The average Bonchev–Trinajstić information content (AvgIpc) is 3.02. The molecular weight excluding hydrogens is 300 g/mol. The third-order valence-electron chi connectivity index (χ3n) is 3.56. The van der Waals surface area contributed by atoms with Crippen LogP contribution in [0.5, 0.6) is 0 Å². The summed E-state index contributed by atoms with van der Waals surface area (Å²) in [6.07, 6.45) is 0.624. The van der Waals surface area contributed by atoms with Gasteiger partial charge >= 0.3 is 6.09 Å². The molecular formula is C16H24N2O3S. The summed E-state index contributed by atoms with van der Waals surface area (Å²) in [6, 6.07) is 1.94. The summed E-state index contributed by atoms with van der Waals surface area (Å²) < 4.78 is 5.37. The highest BCUT2D eigenvalue weighted by atomic mass is 32.1. The van der Waals surface area contributed by atoms with E-state index in [4.69, 9.17) is 4.74 Å². The van der Waals surface area contributed by atoms with Crippen LogP contribution < -0.4 is 5.32 Å². The van der Waals surface area contributed by atoms with E-state index in [1.807, 2.05) is 39.1 Å². The topological polar surface area (TPSA) is 58.6 Å². The summed E-state index contributed by atoms with van der Waals surface area (Å²) in [6.45, 7) is 9.44. The number of nitrogens with one attached hydrogen (secondary N) is 1. The lowest BCUT2D eigenvalue weighted by atomic mass is 10.1. The molecule has 0 bridgehead atoms. The fourth-order valence-electron chi connectivity index (χ4n) is 2.41. The Balaban J connectivity index is 1.78. The van der Waals surface area contributed by atoms with Crippen LogP contribution in [-0.2, 0) is 4.74 Å². The minimum absolute atomic E-state index is 0.0248. The predicted octanol–water partition coefficient (Wildman–Crippen LogP) is 3.04. The van der Waals surface area contributed by atoms with Gasteiger partial charge in [0.2, 0.25) is 0 Å². The lowest BCUT2D eigenvalue weighted by Gasteiger charge is -2.24. The van der Waals surface area contributed by atoms with Crippen molar-refractivity contribution in [1.29, 1.82) is 0 Å². The Morgan fingerprint density at radius 1 is 1.45 bits per heavy atom. The molecule has 6 heteroatoms. The number of thiophene rings is 1. The van der Waals surface area contributed by atoms with E-state index in [1.54, 1.807) is 4.90 Å². The largest absolute Gasteiger partial charge is 0.444 e. The number of amides is 2. The minimum atomic E-state index is -0.472. The van der Waals surface area contributed by atoms with Gasteiger partial charge in [0.25, 0.3) is 5.91 Å². The van der Waals surface area contributed by atoms with E-state index < -0.39 is 5.60 Å². The first-order chi connectivity index (χ1) is 10.3. The number of aryl methyl sites for hydroxylation is 1. The van der Waals surface area contributed by atoms with Crippen molar-refractivity contribution < 1.29 is 14.3 Å². The van der Waals surface area contributed by atoms with Crippen LogP contribution in [-0.4, -0.2) is 42.1 Å². The maximum absolute atomic E-state index is 12.1. The van der Waals surface area contributed by atoms with E-state index in [2.05, 4.69) is 5.32 Å². The molecule has 122 valence electrons. The molecule has 22 heavy (non-hydrogen) atoms. The first-order valence-electron chi connectivity index (χ1n) is 7.56. The van der Waals surface area contributed by atoms with Gasteiger partial charge in [0.1, 0.15) is 5.60 Å². The van der Waals surface area contributed by atoms with E-state index in [-0.39, 0.29) is 17.9 Å². The molecule has 2 rings (SSSR count). The summed E-state index contributed by atoms with van der Waals surface area (Å²) in [5, 5.41) is 4.89. The zero-order valence-electron chi connectivity index (χ0n) is 13.6. The van der Waals surface area contributed by atoms with Gasteiger partial charge < -0.3 is 15.0 Å². The third kappa shape index (κ3) is 4.47. The highest BCUT2D eigenvalue weighted by molar-refractivity contribution is 7.12. The van der Waals surface area contributed by atoms with Gasteiger partial charge in [-0.15, -0.1) is 11.3 Å². The minimum Gasteiger partial charge on any atom is -0.444 e. The number of likely N-dealkylation sites (tertiary alicyclic amines) is 1. The molecule has 1 aliphatic heterocycles. The van der Waals surface area contributed by atoms with Crippen LogP contribution in [0.25, 0.3) is 0 Å². The highest BCUT2D eigenvalue weighted by Crippen LogP contribution is 2.20. The molecule has 0 saturated carbocycles. The Morgan fingerprint density at radius 2 is 2.18 bits per heavy atom. The van der Waals surface area contributed by atoms with Crippen LogP contribution in [0.1, 0.15) is 42.4 Å². The molecule has 1 fully saturated rings. The summed E-state index contributed by atoms with van der Waals surface area (Å²) in [7, 11) is 0. The summed E-state index contributed by atoms with van der Waals surface area (Å²) in [5.41, 5.74) is 0.532. The molecule has 1 aromatic rings. The second-order valence-electron chi connectivity index (χ2n) is 6.72. The second kappa shape index (κ2) is 6.69. The number of ether oxygens (including phenoxy) is 1. The quantitative estimate of drug-likeness (QED) is 0.929. The summed E-state index contributed by atoms with van der Waals surface area (Å²) >= 11 is 1.46. The van der Waals surface area contributed by atoms with Gasteiger partial charge in [-0.05, 0) is 57.0 Å². The molecule has 0 radical (unpaired) electrons. The van der Waals surface area contributed by atoms with E-state index in [0.717, 1.165) is 16.9 Å². The molecule has 0 aliphatic carbocycles. The van der Waals surface area contributed by atoms with Gasteiger partial charge in [0.15, 0.2) is 0 Å².